The SMILES string of the molecule is CC(C)(C)[S+]([O-])NC(CCc1ccccc1)B1OC(C)(C)C(C)(C)O1. The first-order valence-corrected chi connectivity index (χ1v) is 10.1. The summed E-state index contributed by atoms with van der Waals surface area (Å²) in [7, 11) is -0.417. The minimum Gasteiger partial charge on any atom is -0.598 e. The van der Waals surface area contributed by atoms with E-state index in [1.54, 1.807) is 0 Å². The van der Waals surface area contributed by atoms with Gasteiger partial charge in [-0.05, 0) is 66.9 Å². The Bertz CT molecular complexity index is 544. The summed E-state index contributed by atoms with van der Waals surface area (Å²) < 4.78 is 28.0. The van der Waals surface area contributed by atoms with E-state index in [-0.39, 0.29) is 10.7 Å². The molecule has 0 radical (unpaired) electrons. The summed E-state index contributed by atoms with van der Waals surface area (Å²) >= 11 is -1.18. The Morgan fingerprint density at radius 2 is 1.60 bits per heavy atom. The lowest BCUT2D eigenvalue weighted by molar-refractivity contribution is 0.00578. The molecule has 1 heterocycles. The van der Waals surface area contributed by atoms with Gasteiger partial charge >= 0.3 is 7.12 Å². The number of nitrogens with one attached hydrogen (secondary N) is 1. The van der Waals surface area contributed by atoms with Gasteiger partial charge in [-0.1, -0.05) is 30.3 Å². The third-order valence-electron chi connectivity index (χ3n) is 5.00. The highest BCUT2D eigenvalue weighted by Gasteiger charge is 2.54. The quantitative estimate of drug-likeness (QED) is 0.617. The Morgan fingerprint density at radius 1 is 1.08 bits per heavy atom. The van der Waals surface area contributed by atoms with Crippen molar-refractivity contribution in [2.24, 2.45) is 0 Å². The second-order valence-corrected chi connectivity index (χ2v) is 10.8. The molecule has 0 aromatic heterocycles. The Hall–Kier alpha value is -0.525. The van der Waals surface area contributed by atoms with E-state index in [4.69, 9.17) is 9.31 Å². The second-order valence-electron chi connectivity index (χ2n) is 8.75. The van der Waals surface area contributed by atoms with E-state index in [0.29, 0.717) is 0 Å². The first-order chi connectivity index (χ1) is 11.4. The molecule has 2 unspecified atom stereocenters. The van der Waals surface area contributed by atoms with Gasteiger partial charge in [-0.2, -0.15) is 0 Å². The van der Waals surface area contributed by atoms with Crippen molar-refractivity contribution in [1.82, 2.24) is 4.72 Å². The van der Waals surface area contributed by atoms with Crippen molar-refractivity contribution >= 4 is 18.5 Å². The predicted octanol–water partition coefficient (Wildman–Crippen LogP) is 3.67. The summed E-state index contributed by atoms with van der Waals surface area (Å²) in [4.78, 5) is 0. The van der Waals surface area contributed by atoms with Crippen LogP contribution in [0.5, 0.6) is 0 Å². The largest absolute Gasteiger partial charge is 0.598 e. The average Bonchev–Trinajstić information content (AvgIpc) is 2.71. The molecule has 1 aromatic rings. The van der Waals surface area contributed by atoms with Crippen LogP contribution in [0.3, 0.4) is 0 Å². The third kappa shape index (κ3) is 5.24. The molecular formula is C19H32BNO3S. The van der Waals surface area contributed by atoms with Crippen LogP contribution >= 0.6 is 0 Å². The maximum atomic E-state index is 12.7. The Kier molecular flexibility index (Phi) is 6.33. The van der Waals surface area contributed by atoms with Crippen LogP contribution in [0.1, 0.15) is 60.5 Å². The van der Waals surface area contributed by atoms with Crippen molar-refractivity contribution < 1.29 is 13.9 Å². The van der Waals surface area contributed by atoms with E-state index < -0.39 is 29.7 Å². The zero-order valence-corrected chi connectivity index (χ0v) is 17.4. The van der Waals surface area contributed by atoms with Crippen LogP contribution in [0.4, 0.5) is 0 Å². The molecule has 4 nitrogen and oxygen atoms in total. The van der Waals surface area contributed by atoms with Gasteiger partial charge in [-0.15, -0.1) is 4.72 Å². The van der Waals surface area contributed by atoms with Crippen LogP contribution in [0.2, 0.25) is 0 Å². The van der Waals surface area contributed by atoms with Gasteiger partial charge in [0.1, 0.15) is 4.75 Å². The minimum absolute atomic E-state index is 0.138. The summed E-state index contributed by atoms with van der Waals surface area (Å²) in [6.45, 7) is 14.1. The lowest BCUT2D eigenvalue weighted by Gasteiger charge is -2.32. The number of rotatable bonds is 6. The highest BCUT2D eigenvalue weighted by Crippen LogP contribution is 2.38. The van der Waals surface area contributed by atoms with E-state index in [1.807, 2.05) is 66.7 Å². The van der Waals surface area contributed by atoms with Gasteiger partial charge in [-0.3, -0.25) is 0 Å². The first kappa shape index (κ1) is 20.8. The topological polar surface area (TPSA) is 53.5 Å². The average molecular weight is 365 g/mol. The summed E-state index contributed by atoms with van der Waals surface area (Å²) in [5.74, 6) is -0.138. The molecule has 1 aromatic carbocycles. The van der Waals surface area contributed by atoms with Gasteiger partial charge in [0, 0.05) is 11.4 Å². The first-order valence-electron chi connectivity index (χ1n) is 9.00. The van der Waals surface area contributed by atoms with Crippen LogP contribution in [0.15, 0.2) is 30.3 Å². The van der Waals surface area contributed by atoms with E-state index in [1.165, 1.54) is 5.56 Å². The van der Waals surface area contributed by atoms with Crippen LogP contribution in [-0.2, 0) is 27.1 Å². The maximum Gasteiger partial charge on any atom is 0.480 e. The van der Waals surface area contributed by atoms with Gasteiger partial charge in [0.25, 0.3) is 0 Å². The van der Waals surface area contributed by atoms with E-state index >= 15 is 0 Å². The number of benzene rings is 1. The summed E-state index contributed by atoms with van der Waals surface area (Å²) in [5, 5.41) is 0. The molecule has 6 heteroatoms. The smallest absolute Gasteiger partial charge is 0.480 e. The Labute approximate surface area is 156 Å². The van der Waals surface area contributed by atoms with Crippen LogP contribution < -0.4 is 4.72 Å². The maximum absolute atomic E-state index is 12.7. The lowest BCUT2D eigenvalue weighted by atomic mass is 9.76. The van der Waals surface area contributed by atoms with Gasteiger partial charge in [0.15, 0.2) is 0 Å². The van der Waals surface area contributed by atoms with Crippen LogP contribution in [-0.4, -0.2) is 33.6 Å². The van der Waals surface area contributed by atoms with Gasteiger partial charge in [-0.25, -0.2) is 0 Å². The van der Waals surface area contributed by atoms with Crippen molar-refractivity contribution in [2.45, 2.75) is 83.2 Å². The number of hydrogen-bond donors (Lipinski definition) is 1. The fraction of sp³-hybridized carbons (Fsp3) is 0.684. The zero-order valence-electron chi connectivity index (χ0n) is 16.6. The van der Waals surface area contributed by atoms with Crippen LogP contribution in [0, 0.1) is 0 Å². The normalized spacial score (nSPS) is 22.0. The molecule has 25 heavy (non-hydrogen) atoms. The molecule has 0 saturated carbocycles. The van der Waals surface area contributed by atoms with Crippen molar-refractivity contribution in [2.75, 3.05) is 0 Å². The van der Waals surface area contributed by atoms with E-state index in [2.05, 4.69) is 16.9 Å². The van der Waals surface area contributed by atoms with Crippen molar-refractivity contribution in [3.63, 3.8) is 0 Å². The molecule has 1 saturated heterocycles. The molecule has 0 bridgehead atoms. The molecule has 1 N–H and O–H groups in total. The summed E-state index contributed by atoms with van der Waals surface area (Å²) in [6, 6.07) is 10.3. The second kappa shape index (κ2) is 7.61. The Morgan fingerprint density at radius 3 is 2.08 bits per heavy atom. The highest BCUT2D eigenvalue weighted by atomic mass is 32.2. The molecule has 0 spiro atoms. The molecule has 2 atom stereocenters. The molecule has 140 valence electrons. The summed E-state index contributed by atoms with van der Waals surface area (Å²) in [5.41, 5.74) is 0.466. The van der Waals surface area contributed by atoms with Crippen LogP contribution in [0.25, 0.3) is 0 Å². The monoisotopic (exact) mass is 365 g/mol. The predicted molar refractivity (Wildman–Crippen MR) is 106 cm³/mol. The number of hydrogen-bond acceptors (Lipinski definition) is 4. The molecule has 0 aliphatic carbocycles. The van der Waals surface area contributed by atoms with Gasteiger partial charge < -0.3 is 13.9 Å². The van der Waals surface area contributed by atoms with E-state index in [9.17, 15) is 4.55 Å². The van der Waals surface area contributed by atoms with Crippen molar-refractivity contribution in [3.05, 3.63) is 35.9 Å². The van der Waals surface area contributed by atoms with Crippen molar-refractivity contribution in [3.8, 4) is 0 Å². The summed E-state index contributed by atoms with van der Waals surface area (Å²) in [6.07, 6.45) is 1.67. The minimum atomic E-state index is -1.18. The molecule has 0 amide bonds. The molecule has 2 rings (SSSR count). The molecule has 1 aliphatic heterocycles. The molecular weight excluding hydrogens is 333 g/mol. The number of aryl methyl sites for hydroxylation is 1. The van der Waals surface area contributed by atoms with Gasteiger partial charge in [0.2, 0.25) is 0 Å². The molecule has 1 aliphatic rings. The molecule has 1 fully saturated rings. The lowest BCUT2D eigenvalue weighted by Crippen LogP contribution is -2.52. The Balaban J connectivity index is 2.12. The highest BCUT2D eigenvalue weighted by molar-refractivity contribution is 7.90. The third-order valence-corrected chi connectivity index (χ3v) is 6.63. The standard InChI is InChI=1S/C19H32BNO3S/c1-17(2,3)25(22)21-16(14-13-15-11-9-8-10-12-15)20-23-18(4,5)19(6,7)24-20/h8-12,16,21H,13-14H2,1-7H3. The van der Waals surface area contributed by atoms with E-state index in [0.717, 1.165) is 12.8 Å². The fourth-order valence-corrected chi connectivity index (χ4v) is 3.44. The zero-order chi connectivity index (χ0) is 18.9. The van der Waals surface area contributed by atoms with Crippen molar-refractivity contribution in [1.29, 1.82) is 0 Å². The fourth-order valence-electron chi connectivity index (χ4n) is 2.58. The van der Waals surface area contributed by atoms with Gasteiger partial charge in [0.05, 0.1) is 17.1 Å².